The van der Waals surface area contributed by atoms with Gasteiger partial charge in [0.2, 0.25) is 5.82 Å². The van der Waals surface area contributed by atoms with Crippen LogP contribution in [0.3, 0.4) is 0 Å². The van der Waals surface area contributed by atoms with Crippen LogP contribution in [-0.4, -0.2) is 40.7 Å². The number of nitrogens with one attached hydrogen (secondary N) is 3. The Labute approximate surface area is 75.1 Å². The first-order valence-electron chi connectivity index (χ1n) is 4.20. The summed E-state index contributed by atoms with van der Waals surface area (Å²) in [6.45, 7) is 2.67. The monoisotopic (exact) mass is 181 g/mol. The SMILES string of the molecule is O=C(NCC1CNC1)c1ncn[nH]1. The van der Waals surface area contributed by atoms with Crippen molar-refractivity contribution in [1.29, 1.82) is 0 Å². The molecule has 6 nitrogen and oxygen atoms in total. The lowest BCUT2D eigenvalue weighted by Crippen LogP contribution is -2.48. The molecule has 2 heterocycles. The maximum atomic E-state index is 11.3. The van der Waals surface area contributed by atoms with Crippen LogP contribution in [0.15, 0.2) is 6.33 Å². The third kappa shape index (κ3) is 1.83. The van der Waals surface area contributed by atoms with Crippen molar-refractivity contribution in [1.82, 2.24) is 25.8 Å². The maximum absolute atomic E-state index is 11.3. The highest BCUT2D eigenvalue weighted by atomic mass is 16.2. The Morgan fingerprint density at radius 1 is 1.69 bits per heavy atom. The molecule has 0 saturated carbocycles. The number of hydrogen-bond donors (Lipinski definition) is 3. The summed E-state index contributed by atoms with van der Waals surface area (Å²) in [6, 6.07) is 0. The topological polar surface area (TPSA) is 82.7 Å². The van der Waals surface area contributed by atoms with Gasteiger partial charge in [0, 0.05) is 25.6 Å². The van der Waals surface area contributed by atoms with Crippen molar-refractivity contribution in [3.8, 4) is 0 Å². The number of amides is 1. The molecule has 1 saturated heterocycles. The van der Waals surface area contributed by atoms with Gasteiger partial charge in [-0.05, 0) is 0 Å². The van der Waals surface area contributed by atoms with Crippen LogP contribution in [0.2, 0.25) is 0 Å². The molecule has 0 atom stereocenters. The summed E-state index contributed by atoms with van der Waals surface area (Å²) < 4.78 is 0. The van der Waals surface area contributed by atoms with Gasteiger partial charge in [0.25, 0.3) is 5.91 Å². The van der Waals surface area contributed by atoms with Crippen LogP contribution in [0.5, 0.6) is 0 Å². The molecule has 0 unspecified atom stereocenters. The van der Waals surface area contributed by atoms with E-state index in [0.29, 0.717) is 12.5 Å². The molecule has 0 aliphatic carbocycles. The van der Waals surface area contributed by atoms with Crippen LogP contribution in [0.25, 0.3) is 0 Å². The fraction of sp³-hybridized carbons (Fsp3) is 0.571. The van der Waals surface area contributed by atoms with E-state index < -0.39 is 0 Å². The Kier molecular flexibility index (Phi) is 2.22. The van der Waals surface area contributed by atoms with Gasteiger partial charge in [0.1, 0.15) is 6.33 Å². The lowest BCUT2D eigenvalue weighted by atomic mass is 10.0. The van der Waals surface area contributed by atoms with Crippen molar-refractivity contribution in [2.24, 2.45) is 5.92 Å². The van der Waals surface area contributed by atoms with Crippen LogP contribution in [0.4, 0.5) is 0 Å². The van der Waals surface area contributed by atoms with Gasteiger partial charge in [-0.15, -0.1) is 0 Å². The molecule has 1 aromatic heterocycles. The summed E-state index contributed by atoms with van der Waals surface area (Å²) in [4.78, 5) is 15.0. The first-order chi connectivity index (χ1) is 6.36. The Balaban J connectivity index is 1.78. The van der Waals surface area contributed by atoms with Crippen LogP contribution in [0, 0.1) is 5.92 Å². The van der Waals surface area contributed by atoms with Crippen LogP contribution in [-0.2, 0) is 0 Å². The molecule has 1 amide bonds. The van der Waals surface area contributed by atoms with Gasteiger partial charge in [0.15, 0.2) is 0 Å². The van der Waals surface area contributed by atoms with E-state index in [1.807, 2.05) is 0 Å². The normalized spacial score (nSPS) is 16.6. The molecular formula is C7H11N5O. The number of H-pyrrole nitrogens is 1. The second-order valence-electron chi connectivity index (χ2n) is 3.07. The molecule has 0 aromatic carbocycles. The average molecular weight is 181 g/mol. The van der Waals surface area contributed by atoms with Crippen LogP contribution < -0.4 is 10.6 Å². The van der Waals surface area contributed by atoms with E-state index in [-0.39, 0.29) is 11.7 Å². The lowest BCUT2D eigenvalue weighted by Gasteiger charge is -2.26. The molecule has 1 fully saturated rings. The molecule has 0 bridgehead atoms. The van der Waals surface area contributed by atoms with Gasteiger partial charge in [-0.2, -0.15) is 5.10 Å². The summed E-state index contributed by atoms with van der Waals surface area (Å²) in [5.41, 5.74) is 0. The summed E-state index contributed by atoms with van der Waals surface area (Å²) >= 11 is 0. The third-order valence-corrected chi connectivity index (χ3v) is 2.05. The van der Waals surface area contributed by atoms with E-state index in [1.165, 1.54) is 6.33 Å². The minimum Gasteiger partial charge on any atom is -0.349 e. The fourth-order valence-electron chi connectivity index (χ4n) is 1.13. The van der Waals surface area contributed by atoms with E-state index in [0.717, 1.165) is 13.1 Å². The second-order valence-corrected chi connectivity index (χ2v) is 3.07. The van der Waals surface area contributed by atoms with E-state index in [1.54, 1.807) is 0 Å². The van der Waals surface area contributed by atoms with Gasteiger partial charge < -0.3 is 10.6 Å². The third-order valence-electron chi connectivity index (χ3n) is 2.05. The molecule has 2 rings (SSSR count). The van der Waals surface area contributed by atoms with Crippen LogP contribution >= 0.6 is 0 Å². The summed E-state index contributed by atoms with van der Waals surface area (Å²) in [5, 5.41) is 12.0. The molecule has 0 spiro atoms. The molecule has 1 aliphatic heterocycles. The summed E-state index contributed by atoms with van der Waals surface area (Å²) in [7, 11) is 0. The minimum absolute atomic E-state index is 0.190. The van der Waals surface area contributed by atoms with E-state index in [9.17, 15) is 4.79 Å². The summed E-state index contributed by atoms with van der Waals surface area (Å²) in [5.74, 6) is 0.642. The largest absolute Gasteiger partial charge is 0.349 e. The quantitative estimate of drug-likeness (QED) is 0.544. The van der Waals surface area contributed by atoms with Crippen molar-refractivity contribution >= 4 is 5.91 Å². The van der Waals surface area contributed by atoms with E-state index in [4.69, 9.17) is 0 Å². The van der Waals surface area contributed by atoms with Crippen molar-refractivity contribution in [3.63, 3.8) is 0 Å². The molecule has 6 heteroatoms. The molecule has 1 aliphatic rings. The Morgan fingerprint density at radius 2 is 2.54 bits per heavy atom. The zero-order valence-corrected chi connectivity index (χ0v) is 7.08. The van der Waals surface area contributed by atoms with E-state index in [2.05, 4.69) is 25.8 Å². The highest BCUT2D eigenvalue weighted by molar-refractivity contribution is 5.90. The fourth-order valence-corrected chi connectivity index (χ4v) is 1.13. The predicted octanol–water partition coefficient (Wildman–Crippen LogP) is -1.25. The molecule has 0 radical (unpaired) electrons. The van der Waals surface area contributed by atoms with Gasteiger partial charge in [-0.25, -0.2) is 4.98 Å². The second kappa shape index (κ2) is 3.53. The minimum atomic E-state index is -0.190. The van der Waals surface area contributed by atoms with Crippen molar-refractivity contribution in [2.45, 2.75) is 0 Å². The number of hydrogen-bond acceptors (Lipinski definition) is 4. The van der Waals surface area contributed by atoms with Gasteiger partial charge in [0.05, 0.1) is 0 Å². The Hall–Kier alpha value is -1.43. The first kappa shape index (κ1) is 8.18. The number of aromatic nitrogens is 3. The number of rotatable bonds is 3. The first-order valence-corrected chi connectivity index (χ1v) is 4.20. The molecule has 70 valence electrons. The predicted molar refractivity (Wildman–Crippen MR) is 45.1 cm³/mol. The smallest absolute Gasteiger partial charge is 0.288 e. The number of carbonyl (C=O) groups excluding carboxylic acids is 1. The lowest BCUT2D eigenvalue weighted by molar-refractivity contribution is 0.0932. The highest BCUT2D eigenvalue weighted by Crippen LogP contribution is 2.00. The number of carbonyl (C=O) groups is 1. The highest BCUT2D eigenvalue weighted by Gasteiger charge is 2.18. The van der Waals surface area contributed by atoms with Crippen molar-refractivity contribution < 1.29 is 4.79 Å². The van der Waals surface area contributed by atoms with Crippen molar-refractivity contribution in [2.75, 3.05) is 19.6 Å². The molecule has 13 heavy (non-hydrogen) atoms. The van der Waals surface area contributed by atoms with Gasteiger partial charge in [-0.1, -0.05) is 0 Å². The standard InChI is InChI=1S/C7H11N5O/c13-7(6-10-4-11-12-6)9-3-5-1-8-2-5/h4-5,8H,1-3H2,(H,9,13)(H,10,11,12). The zero-order chi connectivity index (χ0) is 9.10. The zero-order valence-electron chi connectivity index (χ0n) is 7.08. The number of aromatic amines is 1. The number of nitrogens with zero attached hydrogens (tertiary/aromatic N) is 2. The van der Waals surface area contributed by atoms with Crippen molar-refractivity contribution in [3.05, 3.63) is 12.2 Å². The molecule has 3 N–H and O–H groups in total. The average Bonchev–Trinajstić information content (AvgIpc) is 2.52. The van der Waals surface area contributed by atoms with Gasteiger partial charge in [-0.3, -0.25) is 9.89 Å². The van der Waals surface area contributed by atoms with E-state index >= 15 is 0 Å². The van der Waals surface area contributed by atoms with Crippen LogP contribution in [0.1, 0.15) is 10.6 Å². The Morgan fingerprint density at radius 3 is 3.08 bits per heavy atom. The molecular weight excluding hydrogens is 170 g/mol. The Bertz CT molecular complexity index is 279. The van der Waals surface area contributed by atoms with Gasteiger partial charge >= 0.3 is 0 Å². The maximum Gasteiger partial charge on any atom is 0.288 e. The molecule has 1 aromatic rings. The summed E-state index contributed by atoms with van der Waals surface area (Å²) in [6.07, 6.45) is 1.32.